The Bertz CT molecular complexity index is 177. The van der Waals surface area contributed by atoms with Gasteiger partial charge in [-0.05, 0) is 0 Å². The summed E-state index contributed by atoms with van der Waals surface area (Å²) in [5.41, 5.74) is -0.333. The molecule has 0 aromatic carbocycles. The molecule has 0 rings (SSSR count). The molecule has 12 heavy (non-hydrogen) atoms. The highest BCUT2D eigenvalue weighted by Gasteiger charge is 2.20. The van der Waals surface area contributed by atoms with Crippen molar-refractivity contribution in [2.24, 2.45) is 5.41 Å². The summed E-state index contributed by atoms with van der Waals surface area (Å²) in [7, 11) is 0. The van der Waals surface area contributed by atoms with Crippen LogP contribution in [-0.4, -0.2) is 18.4 Å². The molecular weight excluding hydrogens is 156 g/mol. The van der Waals surface area contributed by atoms with Crippen molar-refractivity contribution in [1.29, 1.82) is 0 Å². The van der Waals surface area contributed by atoms with E-state index in [-0.39, 0.29) is 23.8 Å². The molecule has 0 amide bonds. The van der Waals surface area contributed by atoms with Crippen LogP contribution < -0.4 is 0 Å². The first-order valence-corrected chi connectivity index (χ1v) is 4.00. The molecule has 0 N–H and O–H groups in total. The van der Waals surface area contributed by atoms with Crippen molar-refractivity contribution in [3.8, 4) is 0 Å². The molecule has 0 aromatic heterocycles. The van der Waals surface area contributed by atoms with E-state index in [0.717, 1.165) is 0 Å². The van der Waals surface area contributed by atoms with Gasteiger partial charge in [0.1, 0.15) is 5.78 Å². The second-order valence-corrected chi connectivity index (χ2v) is 3.76. The smallest absolute Gasteiger partial charge is 0.302 e. The van der Waals surface area contributed by atoms with Crippen molar-refractivity contribution in [2.75, 3.05) is 6.61 Å². The van der Waals surface area contributed by atoms with E-state index in [4.69, 9.17) is 0 Å². The maximum absolute atomic E-state index is 11.3. The van der Waals surface area contributed by atoms with E-state index in [9.17, 15) is 9.59 Å². The van der Waals surface area contributed by atoms with Crippen LogP contribution in [0.5, 0.6) is 0 Å². The molecule has 0 atom stereocenters. The highest BCUT2D eigenvalue weighted by Crippen LogP contribution is 2.16. The Morgan fingerprint density at radius 3 is 2.08 bits per heavy atom. The van der Waals surface area contributed by atoms with Gasteiger partial charge in [0.15, 0.2) is 0 Å². The monoisotopic (exact) mass is 172 g/mol. The minimum Gasteiger partial charge on any atom is -0.465 e. The summed E-state index contributed by atoms with van der Waals surface area (Å²) >= 11 is 0. The molecule has 0 bridgehead atoms. The van der Waals surface area contributed by atoms with Crippen molar-refractivity contribution in [2.45, 2.75) is 34.1 Å². The van der Waals surface area contributed by atoms with E-state index in [1.807, 2.05) is 20.8 Å². The molecular formula is C9H16O3. The molecule has 3 nitrogen and oxygen atoms in total. The van der Waals surface area contributed by atoms with Crippen molar-refractivity contribution < 1.29 is 14.3 Å². The molecule has 0 aliphatic carbocycles. The summed E-state index contributed by atoms with van der Waals surface area (Å²) in [6, 6.07) is 0. The van der Waals surface area contributed by atoms with Crippen LogP contribution in [0.4, 0.5) is 0 Å². The first-order chi connectivity index (χ1) is 5.34. The van der Waals surface area contributed by atoms with Crippen LogP contribution in [0.2, 0.25) is 0 Å². The van der Waals surface area contributed by atoms with Gasteiger partial charge >= 0.3 is 5.97 Å². The maximum Gasteiger partial charge on any atom is 0.302 e. The van der Waals surface area contributed by atoms with Gasteiger partial charge < -0.3 is 4.74 Å². The average molecular weight is 172 g/mol. The summed E-state index contributed by atoms with van der Waals surface area (Å²) in [5, 5.41) is 0. The van der Waals surface area contributed by atoms with E-state index >= 15 is 0 Å². The summed E-state index contributed by atoms with van der Waals surface area (Å²) in [6.07, 6.45) is 0.309. The normalized spacial score (nSPS) is 11.0. The van der Waals surface area contributed by atoms with Crippen LogP contribution in [0.1, 0.15) is 34.1 Å². The largest absolute Gasteiger partial charge is 0.465 e. The molecule has 0 aliphatic heterocycles. The van der Waals surface area contributed by atoms with Crippen LogP contribution in [-0.2, 0) is 14.3 Å². The quantitative estimate of drug-likeness (QED) is 0.607. The standard InChI is InChI=1S/C9H16O3/c1-7(10)12-6-5-8(11)9(2,3)4/h5-6H2,1-4H3. The summed E-state index contributed by atoms with van der Waals surface area (Å²) in [5.74, 6) is -0.222. The van der Waals surface area contributed by atoms with E-state index in [1.54, 1.807) is 0 Å². The molecule has 70 valence electrons. The Balaban J connectivity index is 3.66. The van der Waals surface area contributed by atoms with Gasteiger partial charge in [0.2, 0.25) is 0 Å². The zero-order valence-corrected chi connectivity index (χ0v) is 8.14. The summed E-state index contributed by atoms with van der Waals surface area (Å²) in [4.78, 5) is 21.6. The number of esters is 1. The first kappa shape index (κ1) is 11.1. The predicted octanol–water partition coefficient (Wildman–Crippen LogP) is 1.55. The van der Waals surface area contributed by atoms with Crippen LogP contribution in [0, 0.1) is 5.41 Å². The molecule has 0 fully saturated rings. The number of carbonyl (C=O) groups is 2. The number of carbonyl (C=O) groups excluding carboxylic acids is 2. The zero-order valence-electron chi connectivity index (χ0n) is 8.14. The first-order valence-electron chi connectivity index (χ1n) is 4.00. The predicted molar refractivity (Wildman–Crippen MR) is 45.7 cm³/mol. The van der Waals surface area contributed by atoms with E-state index in [2.05, 4.69) is 4.74 Å². The zero-order chi connectivity index (χ0) is 9.78. The van der Waals surface area contributed by atoms with Crippen LogP contribution in [0.25, 0.3) is 0 Å². The Labute approximate surface area is 73.1 Å². The van der Waals surface area contributed by atoms with Gasteiger partial charge in [-0.3, -0.25) is 9.59 Å². The number of Topliss-reactive ketones (excluding diaryl/α,β-unsaturated/α-hetero) is 1. The van der Waals surface area contributed by atoms with E-state index in [0.29, 0.717) is 6.42 Å². The number of ether oxygens (including phenoxy) is 1. The molecule has 0 aliphatic rings. The summed E-state index contributed by atoms with van der Waals surface area (Å²) in [6.45, 7) is 7.09. The maximum atomic E-state index is 11.3. The molecule has 0 aromatic rings. The van der Waals surface area contributed by atoms with Gasteiger partial charge in [0, 0.05) is 18.8 Å². The molecule has 0 saturated carbocycles. The number of ketones is 1. The third-order valence-corrected chi connectivity index (χ3v) is 1.47. The Kier molecular flexibility index (Phi) is 3.93. The van der Waals surface area contributed by atoms with Crippen LogP contribution >= 0.6 is 0 Å². The van der Waals surface area contributed by atoms with Gasteiger partial charge in [-0.25, -0.2) is 0 Å². The fourth-order valence-corrected chi connectivity index (χ4v) is 0.662. The Morgan fingerprint density at radius 1 is 1.25 bits per heavy atom. The molecule has 0 spiro atoms. The van der Waals surface area contributed by atoms with Gasteiger partial charge in [-0.1, -0.05) is 20.8 Å². The number of hydrogen-bond acceptors (Lipinski definition) is 3. The molecule has 0 unspecified atom stereocenters. The fraction of sp³-hybridized carbons (Fsp3) is 0.778. The van der Waals surface area contributed by atoms with E-state index < -0.39 is 0 Å². The Hall–Kier alpha value is -0.860. The lowest BCUT2D eigenvalue weighted by molar-refractivity contribution is -0.142. The van der Waals surface area contributed by atoms with Gasteiger partial charge in [0.25, 0.3) is 0 Å². The minimum atomic E-state index is -0.336. The van der Waals surface area contributed by atoms with Crippen LogP contribution in [0.15, 0.2) is 0 Å². The lowest BCUT2D eigenvalue weighted by Gasteiger charge is -2.15. The molecule has 0 heterocycles. The van der Waals surface area contributed by atoms with Crippen molar-refractivity contribution in [1.82, 2.24) is 0 Å². The molecule has 0 radical (unpaired) electrons. The van der Waals surface area contributed by atoms with Crippen molar-refractivity contribution in [3.05, 3.63) is 0 Å². The third kappa shape index (κ3) is 4.88. The molecule has 0 saturated heterocycles. The third-order valence-electron chi connectivity index (χ3n) is 1.47. The Morgan fingerprint density at radius 2 is 1.75 bits per heavy atom. The lowest BCUT2D eigenvalue weighted by Crippen LogP contribution is -2.21. The van der Waals surface area contributed by atoms with Crippen molar-refractivity contribution in [3.63, 3.8) is 0 Å². The highest BCUT2D eigenvalue weighted by atomic mass is 16.5. The van der Waals surface area contributed by atoms with E-state index in [1.165, 1.54) is 6.92 Å². The summed E-state index contributed by atoms with van der Waals surface area (Å²) < 4.78 is 4.65. The SMILES string of the molecule is CC(=O)OCCC(=O)C(C)(C)C. The fourth-order valence-electron chi connectivity index (χ4n) is 0.662. The minimum absolute atomic E-state index is 0.115. The number of rotatable bonds is 3. The van der Waals surface area contributed by atoms with Crippen molar-refractivity contribution >= 4 is 11.8 Å². The van der Waals surface area contributed by atoms with Crippen LogP contribution in [0.3, 0.4) is 0 Å². The average Bonchev–Trinajstić information content (AvgIpc) is 1.84. The lowest BCUT2D eigenvalue weighted by atomic mass is 9.89. The molecule has 3 heteroatoms. The van der Waals surface area contributed by atoms with Gasteiger partial charge in [-0.2, -0.15) is 0 Å². The second-order valence-electron chi connectivity index (χ2n) is 3.76. The topological polar surface area (TPSA) is 43.4 Å². The second kappa shape index (κ2) is 4.24. The van der Waals surface area contributed by atoms with Gasteiger partial charge in [-0.15, -0.1) is 0 Å². The van der Waals surface area contributed by atoms with Gasteiger partial charge in [0.05, 0.1) is 6.61 Å². The highest BCUT2D eigenvalue weighted by molar-refractivity contribution is 5.83. The number of hydrogen-bond donors (Lipinski definition) is 0.